The van der Waals surface area contributed by atoms with Crippen LogP contribution in [-0.2, 0) is 14.6 Å². The molecule has 0 aliphatic rings. The van der Waals surface area contributed by atoms with E-state index in [1.165, 1.54) is 23.9 Å². The Morgan fingerprint density at radius 1 is 1.35 bits per heavy atom. The molecule has 0 aliphatic heterocycles. The van der Waals surface area contributed by atoms with E-state index in [-0.39, 0.29) is 11.3 Å². The first kappa shape index (κ1) is 14.5. The lowest BCUT2D eigenvalue weighted by molar-refractivity contribution is -0.111. The summed E-state index contributed by atoms with van der Waals surface area (Å²) in [6.07, 6.45) is 2.08. The molecular weight excluding hydrogens is 280 g/mol. The highest BCUT2D eigenvalue weighted by Crippen LogP contribution is 2.23. The van der Waals surface area contributed by atoms with Crippen molar-refractivity contribution < 1.29 is 13.2 Å². The van der Waals surface area contributed by atoms with Crippen LogP contribution in [-0.4, -0.2) is 25.2 Å². The summed E-state index contributed by atoms with van der Waals surface area (Å²) >= 11 is 6.84. The standard InChI is InChI=1S/C11H13ClO3S2/c1-3-10(11(12)13)17(14,15)9-6-4-8(16-2)5-7-9/h4-7,10H,3H2,1-2H3. The van der Waals surface area contributed by atoms with Crippen molar-refractivity contribution in [3.8, 4) is 0 Å². The topological polar surface area (TPSA) is 51.2 Å². The molecule has 0 amide bonds. The highest BCUT2D eigenvalue weighted by atomic mass is 35.5. The SMILES string of the molecule is CCC(C(=O)Cl)S(=O)(=O)c1ccc(SC)cc1. The van der Waals surface area contributed by atoms with Gasteiger partial charge in [-0.2, -0.15) is 0 Å². The van der Waals surface area contributed by atoms with Crippen LogP contribution in [0.25, 0.3) is 0 Å². The predicted octanol–water partition coefficient (Wildman–Crippen LogP) is 2.73. The second-order valence-electron chi connectivity index (χ2n) is 3.42. The van der Waals surface area contributed by atoms with Crippen molar-refractivity contribution in [2.75, 3.05) is 6.26 Å². The lowest BCUT2D eigenvalue weighted by Gasteiger charge is -2.11. The lowest BCUT2D eigenvalue weighted by Crippen LogP contribution is -2.26. The van der Waals surface area contributed by atoms with E-state index in [2.05, 4.69) is 0 Å². The summed E-state index contributed by atoms with van der Waals surface area (Å²) in [4.78, 5) is 12.2. The fourth-order valence-electron chi connectivity index (χ4n) is 1.43. The molecular formula is C11H13ClO3S2. The summed E-state index contributed by atoms with van der Waals surface area (Å²) in [5.41, 5.74) is 0. The fourth-order valence-corrected chi connectivity index (χ4v) is 3.87. The number of thioether (sulfide) groups is 1. The van der Waals surface area contributed by atoms with E-state index in [0.717, 1.165) is 4.90 Å². The summed E-state index contributed by atoms with van der Waals surface area (Å²) in [6, 6.07) is 6.43. The van der Waals surface area contributed by atoms with Gasteiger partial charge in [-0.05, 0) is 48.5 Å². The first-order valence-electron chi connectivity index (χ1n) is 5.00. The van der Waals surface area contributed by atoms with Gasteiger partial charge in [-0.1, -0.05) is 6.92 Å². The third-order valence-corrected chi connectivity index (χ3v) is 5.75. The Bertz CT molecular complexity index is 494. The number of hydrogen-bond acceptors (Lipinski definition) is 4. The van der Waals surface area contributed by atoms with Crippen molar-refractivity contribution >= 4 is 38.4 Å². The highest BCUT2D eigenvalue weighted by molar-refractivity contribution is 7.98. The van der Waals surface area contributed by atoms with Crippen LogP contribution in [0.3, 0.4) is 0 Å². The molecule has 1 atom stereocenters. The van der Waals surface area contributed by atoms with E-state index in [9.17, 15) is 13.2 Å². The number of benzene rings is 1. The molecule has 6 heteroatoms. The predicted molar refractivity (Wildman–Crippen MR) is 70.3 cm³/mol. The van der Waals surface area contributed by atoms with E-state index >= 15 is 0 Å². The number of halogens is 1. The smallest absolute Gasteiger partial charge is 0.240 e. The molecule has 94 valence electrons. The van der Waals surface area contributed by atoms with Gasteiger partial charge in [0.15, 0.2) is 9.84 Å². The zero-order valence-corrected chi connectivity index (χ0v) is 11.9. The van der Waals surface area contributed by atoms with Crippen LogP contribution in [0.15, 0.2) is 34.1 Å². The molecule has 1 rings (SSSR count). The van der Waals surface area contributed by atoms with Crippen molar-refractivity contribution in [3.63, 3.8) is 0 Å². The van der Waals surface area contributed by atoms with Crippen LogP contribution in [0.4, 0.5) is 0 Å². The van der Waals surface area contributed by atoms with Gasteiger partial charge in [-0.15, -0.1) is 11.8 Å². The Morgan fingerprint density at radius 2 is 1.88 bits per heavy atom. The van der Waals surface area contributed by atoms with E-state index in [4.69, 9.17) is 11.6 Å². The van der Waals surface area contributed by atoms with Gasteiger partial charge in [0.25, 0.3) is 0 Å². The molecule has 0 spiro atoms. The van der Waals surface area contributed by atoms with Gasteiger partial charge in [-0.3, -0.25) is 4.79 Å². The number of carbonyl (C=O) groups is 1. The lowest BCUT2D eigenvalue weighted by atomic mass is 10.3. The van der Waals surface area contributed by atoms with Crippen molar-refractivity contribution in [2.24, 2.45) is 0 Å². The van der Waals surface area contributed by atoms with Gasteiger partial charge in [0.2, 0.25) is 5.24 Å². The van der Waals surface area contributed by atoms with Gasteiger partial charge >= 0.3 is 0 Å². The Labute approximate surface area is 110 Å². The Balaban J connectivity index is 3.16. The summed E-state index contributed by atoms with van der Waals surface area (Å²) in [5, 5.41) is -1.99. The van der Waals surface area contributed by atoms with Crippen molar-refractivity contribution in [1.29, 1.82) is 0 Å². The van der Waals surface area contributed by atoms with E-state index in [1.54, 1.807) is 19.1 Å². The molecule has 0 saturated heterocycles. The van der Waals surface area contributed by atoms with Crippen molar-refractivity contribution in [2.45, 2.75) is 28.4 Å². The van der Waals surface area contributed by atoms with E-state index in [0.29, 0.717) is 0 Å². The molecule has 0 N–H and O–H groups in total. The summed E-state index contributed by atoms with van der Waals surface area (Å²) in [5.74, 6) is 0. The molecule has 0 fully saturated rings. The number of hydrogen-bond donors (Lipinski definition) is 0. The average molecular weight is 293 g/mol. The average Bonchev–Trinajstić information content (AvgIpc) is 2.29. The van der Waals surface area contributed by atoms with Gasteiger partial charge in [0, 0.05) is 4.90 Å². The summed E-state index contributed by atoms with van der Waals surface area (Å²) in [7, 11) is -3.67. The van der Waals surface area contributed by atoms with Crippen LogP contribution < -0.4 is 0 Å². The van der Waals surface area contributed by atoms with Gasteiger partial charge in [0.05, 0.1) is 4.90 Å². The van der Waals surface area contributed by atoms with Crippen LogP contribution >= 0.6 is 23.4 Å². The number of sulfone groups is 1. The molecule has 0 saturated carbocycles. The zero-order chi connectivity index (χ0) is 13.1. The molecule has 0 radical (unpaired) electrons. The van der Waals surface area contributed by atoms with Gasteiger partial charge < -0.3 is 0 Å². The Morgan fingerprint density at radius 3 is 2.24 bits per heavy atom. The number of carbonyl (C=O) groups excluding carboxylic acids is 1. The third-order valence-electron chi connectivity index (χ3n) is 2.39. The van der Waals surface area contributed by atoms with Crippen molar-refractivity contribution in [1.82, 2.24) is 0 Å². The van der Waals surface area contributed by atoms with Gasteiger partial charge in [-0.25, -0.2) is 8.42 Å². The minimum atomic E-state index is -3.67. The molecule has 0 bridgehead atoms. The molecule has 0 aromatic heterocycles. The maximum Gasteiger partial charge on any atom is 0.240 e. The molecule has 3 nitrogen and oxygen atoms in total. The first-order chi connectivity index (χ1) is 7.93. The minimum Gasteiger partial charge on any atom is -0.280 e. The van der Waals surface area contributed by atoms with E-state index in [1.807, 2.05) is 6.26 Å². The molecule has 0 aliphatic carbocycles. The first-order valence-corrected chi connectivity index (χ1v) is 8.15. The zero-order valence-electron chi connectivity index (χ0n) is 9.51. The van der Waals surface area contributed by atoms with Crippen LogP contribution in [0.5, 0.6) is 0 Å². The third kappa shape index (κ3) is 3.24. The molecule has 1 unspecified atom stereocenters. The second kappa shape index (κ2) is 5.89. The molecule has 17 heavy (non-hydrogen) atoms. The highest BCUT2D eigenvalue weighted by Gasteiger charge is 2.31. The number of rotatable bonds is 5. The maximum absolute atomic E-state index is 12.1. The monoisotopic (exact) mass is 292 g/mol. The second-order valence-corrected chi connectivity index (χ2v) is 6.80. The summed E-state index contributed by atoms with van der Waals surface area (Å²) in [6.45, 7) is 1.62. The Hall–Kier alpha value is -0.520. The van der Waals surface area contributed by atoms with Crippen LogP contribution in [0, 0.1) is 0 Å². The van der Waals surface area contributed by atoms with Crippen LogP contribution in [0.2, 0.25) is 0 Å². The van der Waals surface area contributed by atoms with Crippen molar-refractivity contribution in [3.05, 3.63) is 24.3 Å². The van der Waals surface area contributed by atoms with E-state index < -0.39 is 20.3 Å². The largest absolute Gasteiger partial charge is 0.280 e. The Kier molecular flexibility index (Phi) is 5.04. The maximum atomic E-state index is 12.1. The van der Waals surface area contributed by atoms with Crippen LogP contribution in [0.1, 0.15) is 13.3 Å². The fraction of sp³-hybridized carbons (Fsp3) is 0.364. The normalized spacial score (nSPS) is 13.4. The molecule has 0 heterocycles. The quantitative estimate of drug-likeness (QED) is 0.618. The summed E-state index contributed by atoms with van der Waals surface area (Å²) < 4.78 is 24.2. The minimum absolute atomic E-state index is 0.135. The molecule has 1 aromatic carbocycles. The van der Waals surface area contributed by atoms with Gasteiger partial charge in [0.1, 0.15) is 5.25 Å². The molecule has 1 aromatic rings.